The minimum absolute atomic E-state index is 0.0422. The third-order valence-corrected chi connectivity index (χ3v) is 2.79. The van der Waals surface area contributed by atoms with Crippen LogP contribution in [0.15, 0.2) is 58.0 Å². The number of hydrogen-bond acceptors (Lipinski definition) is 5. The number of anilines is 1. The van der Waals surface area contributed by atoms with Crippen molar-refractivity contribution in [2.75, 3.05) is 5.43 Å². The molecule has 0 spiro atoms. The fourth-order valence-corrected chi connectivity index (χ4v) is 1.87. The molecule has 0 amide bonds. The number of nitrogens with one attached hydrogen (secondary N) is 1. The number of hydrazone groups is 1. The van der Waals surface area contributed by atoms with Crippen LogP contribution in [0.3, 0.4) is 0 Å². The van der Waals surface area contributed by atoms with Crippen LogP contribution in [0.25, 0.3) is 11.1 Å². The Morgan fingerprint density at radius 2 is 1.91 bits per heavy atom. The molecule has 3 aromatic rings. The summed E-state index contributed by atoms with van der Waals surface area (Å²) in [4.78, 5) is 4.17. The predicted molar refractivity (Wildman–Crippen MR) is 78.3 cm³/mol. The summed E-state index contributed by atoms with van der Waals surface area (Å²) in [5.41, 5.74) is 4.34. The van der Waals surface area contributed by atoms with Crippen molar-refractivity contribution in [3.63, 3.8) is 0 Å². The van der Waals surface area contributed by atoms with Gasteiger partial charge in [0.1, 0.15) is 11.3 Å². The second-order valence-corrected chi connectivity index (χ2v) is 4.27. The van der Waals surface area contributed by atoms with E-state index >= 15 is 0 Å². The van der Waals surface area contributed by atoms with E-state index in [1.54, 1.807) is 30.3 Å². The quantitative estimate of drug-likeness (QED) is 0.574. The van der Waals surface area contributed by atoms with E-state index in [9.17, 15) is 8.78 Å². The van der Waals surface area contributed by atoms with Crippen molar-refractivity contribution in [1.29, 1.82) is 0 Å². The molecule has 1 N–H and O–H groups in total. The Balaban J connectivity index is 1.74. The smallest absolute Gasteiger partial charge is 0.387 e. The fourth-order valence-electron chi connectivity index (χ4n) is 1.87. The molecule has 3 rings (SSSR count). The Morgan fingerprint density at radius 1 is 1.14 bits per heavy atom. The first-order chi connectivity index (χ1) is 10.7. The van der Waals surface area contributed by atoms with Gasteiger partial charge in [0.2, 0.25) is 0 Å². The average molecular weight is 303 g/mol. The molecule has 0 aliphatic carbocycles. The van der Waals surface area contributed by atoms with Crippen LogP contribution in [0.5, 0.6) is 5.75 Å². The summed E-state index contributed by atoms with van der Waals surface area (Å²) < 4.78 is 34.4. The van der Waals surface area contributed by atoms with Gasteiger partial charge in [-0.05, 0) is 24.3 Å². The van der Waals surface area contributed by atoms with Crippen LogP contribution < -0.4 is 10.2 Å². The van der Waals surface area contributed by atoms with Gasteiger partial charge in [0.15, 0.2) is 5.58 Å². The number of fused-ring (bicyclic) bond motifs is 1. The van der Waals surface area contributed by atoms with E-state index < -0.39 is 6.61 Å². The molecule has 0 unspecified atom stereocenters. The zero-order chi connectivity index (χ0) is 15.4. The highest BCUT2D eigenvalue weighted by molar-refractivity contribution is 5.84. The van der Waals surface area contributed by atoms with E-state index in [0.717, 1.165) is 0 Å². The summed E-state index contributed by atoms with van der Waals surface area (Å²) in [6.07, 6.45) is 1.35. The van der Waals surface area contributed by atoms with E-state index in [4.69, 9.17) is 4.42 Å². The summed E-state index contributed by atoms with van der Waals surface area (Å²) in [5, 5.41) is 3.92. The maximum atomic E-state index is 12.3. The largest absolute Gasteiger partial charge is 0.434 e. The number of ether oxygens (including phenoxy) is 1. The molecule has 0 saturated heterocycles. The SMILES string of the molecule is FC(F)Oc1ccccc1/C=N/Nc1nc2ccccc2o1. The summed E-state index contributed by atoms with van der Waals surface area (Å²) >= 11 is 0. The minimum atomic E-state index is -2.89. The average Bonchev–Trinajstić information content (AvgIpc) is 2.91. The standard InChI is InChI=1S/C15H11F2N3O2/c16-14(17)21-12-7-3-1-5-10(12)9-18-20-15-19-11-6-2-4-8-13(11)22-15/h1-9,14H,(H,19,20)/b18-9+. The Morgan fingerprint density at radius 3 is 2.73 bits per heavy atom. The van der Waals surface area contributed by atoms with Crippen molar-refractivity contribution in [3.8, 4) is 5.75 Å². The van der Waals surface area contributed by atoms with Gasteiger partial charge in [-0.15, -0.1) is 0 Å². The molecule has 0 aliphatic heterocycles. The summed E-state index contributed by atoms with van der Waals surface area (Å²) in [6.45, 7) is -2.89. The second kappa shape index (κ2) is 6.21. The number of aromatic nitrogens is 1. The lowest BCUT2D eigenvalue weighted by molar-refractivity contribution is -0.0499. The number of nitrogens with zero attached hydrogens (tertiary/aromatic N) is 2. The molecule has 22 heavy (non-hydrogen) atoms. The highest BCUT2D eigenvalue weighted by Crippen LogP contribution is 2.20. The number of para-hydroxylation sites is 3. The number of oxazole rings is 1. The second-order valence-electron chi connectivity index (χ2n) is 4.27. The Bertz CT molecular complexity index is 769. The summed E-state index contributed by atoms with van der Waals surface area (Å²) in [6, 6.07) is 13.8. The maximum Gasteiger partial charge on any atom is 0.387 e. The van der Waals surface area contributed by atoms with Gasteiger partial charge >= 0.3 is 12.6 Å². The number of benzene rings is 2. The van der Waals surface area contributed by atoms with Crippen LogP contribution >= 0.6 is 0 Å². The molecule has 1 aromatic heterocycles. The van der Waals surface area contributed by atoms with Gasteiger partial charge in [-0.25, -0.2) is 5.43 Å². The van der Waals surface area contributed by atoms with Crippen molar-refractivity contribution >= 4 is 23.3 Å². The van der Waals surface area contributed by atoms with Gasteiger partial charge in [-0.2, -0.15) is 18.9 Å². The lowest BCUT2D eigenvalue weighted by Gasteiger charge is -2.06. The first-order valence-electron chi connectivity index (χ1n) is 6.41. The van der Waals surface area contributed by atoms with Crippen molar-refractivity contribution in [1.82, 2.24) is 4.98 Å². The fraction of sp³-hybridized carbons (Fsp3) is 0.0667. The van der Waals surface area contributed by atoms with Gasteiger partial charge in [0, 0.05) is 5.56 Å². The minimum Gasteiger partial charge on any atom is -0.434 e. The van der Waals surface area contributed by atoms with Crippen LogP contribution in [0.4, 0.5) is 14.8 Å². The molecule has 112 valence electrons. The molecule has 0 saturated carbocycles. The molecule has 5 nitrogen and oxygen atoms in total. The zero-order valence-corrected chi connectivity index (χ0v) is 11.2. The molecule has 0 radical (unpaired) electrons. The Kier molecular flexibility index (Phi) is 3.95. The third kappa shape index (κ3) is 3.20. The predicted octanol–water partition coefficient (Wildman–Crippen LogP) is 3.88. The van der Waals surface area contributed by atoms with Crippen LogP contribution in [-0.2, 0) is 0 Å². The molecule has 0 atom stereocenters. The highest BCUT2D eigenvalue weighted by Gasteiger charge is 2.07. The Labute approximate surface area is 124 Å². The van der Waals surface area contributed by atoms with E-state index in [2.05, 4.69) is 20.2 Å². The number of halogens is 2. The van der Waals surface area contributed by atoms with Crippen molar-refractivity contribution in [3.05, 3.63) is 54.1 Å². The van der Waals surface area contributed by atoms with Gasteiger partial charge in [0.25, 0.3) is 0 Å². The molecule has 1 heterocycles. The van der Waals surface area contributed by atoms with Crippen molar-refractivity contribution in [2.45, 2.75) is 6.61 Å². The van der Waals surface area contributed by atoms with E-state index in [-0.39, 0.29) is 11.8 Å². The van der Waals surface area contributed by atoms with Gasteiger partial charge in [-0.3, -0.25) is 0 Å². The van der Waals surface area contributed by atoms with Crippen LogP contribution in [0, 0.1) is 0 Å². The van der Waals surface area contributed by atoms with E-state index in [1.165, 1.54) is 12.3 Å². The van der Waals surface area contributed by atoms with Crippen LogP contribution in [0.1, 0.15) is 5.56 Å². The molecular formula is C15H11F2N3O2. The summed E-state index contributed by atoms with van der Waals surface area (Å²) in [5.74, 6) is 0.0422. The molecule has 0 aliphatic rings. The highest BCUT2D eigenvalue weighted by atomic mass is 19.3. The Hall–Kier alpha value is -2.96. The lowest BCUT2D eigenvalue weighted by atomic mass is 10.2. The normalized spacial score (nSPS) is 11.4. The molecule has 7 heteroatoms. The first kappa shape index (κ1) is 14.0. The van der Waals surface area contributed by atoms with Crippen LogP contribution in [-0.4, -0.2) is 17.8 Å². The van der Waals surface area contributed by atoms with Gasteiger partial charge in [0.05, 0.1) is 6.21 Å². The van der Waals surface area contributed by atoms with Crippen molar-refractivity contribution < 1.29 is 17.9 Å². The number of alkyl halides is 2. The zero-order valence-electron chi connectivity index (χ0n) is 11.2. The monoisotopic (exact) mass is 303 g/mol. The summed E-state index contributed by atoms with van der Waals surface area (Å²) in [7, 11) is 0. The maximum absolute atomic E-state index is 12.3. The molecular weight excluding hydrogens is 292 g/mol. The molecule has 0 fully saturated rings. The molecule has 0 bridgehead atoms. The lowest BCUT2D eigenvalue weighted by Crippen LogP contribution is -2.04. The third-order valence-electron chi connectivity index (χ3n) is 2.79. The van der Waals surface area contributed by atoms with Gasteiger partial charge < -0.3 is 9.15 Å². The molecule has 2 aromatic carbocycles. The van der Waals surface area contributed by atoms with Crippen LogP contribution in [0.2, 0.25) is 0 Å². The number of hydrogen-bond donors (Lipinski definition) is 1. The van der Waals surface area contributed by atoms with E-state index in [0.29, 0.717) is 16.7 Å². The number of rotatable bonds is 5. The van der Waals surface area contributed by atoms with Crippen molar-refractivity contribution in [2.24, 2.45) is 5.10 Å². The topological polar surface area (TPSA) is 59.6 Å². The van der Waals surface area contributed by atoms with E-state index in [1.807, 2.05) is 12.1 Å². The first-order valence-corrected chi connectivity index (χ1v) is 6.41. The van der Waals surface area contributed by atoms with Gasteiger partial charge in [-0.1, -0.05) is 24.3 Å².